The number of aliphatic hydroxyl groups excluding tert-OH is 1. The van der Waals surface area contributed by atoms with Crippen LogP contribution in [0.15, 0.2) is 55.1 Å². The van der Waals surface area contributed by atoms with Crippen molar-refractivity contribution in [1.29, 1.82) is 0 Å². The largest absolute Gasteiger partial charge is 0.489 e. The van der Waals surface area contributed by atoms with Crippen molar-refractivity contribution in [3.8, 4) is 5.75 Å². The summed E-state index contributed by atoms with van der Waals surface area (Å²) in [6, 6.07) is 12.6. The Hall–Kier alpha value is -2.41. The molecule has 204 valence electrons. The van der Waals surface area contributed by atoms with Crippen molar-refractivity contribution in [2.75, 3.05) is 13.2 Å². The van der Waals surface area contributed by atoms with E-state index in [9.17, 15) is 14.3 Å². The third-order valence-corrected chi connectivity index (χ3v) is 7.07. The molecule has 7 heteroatoms. The van der Waals surface area contributed by atoms with Crippen LogP contribution in [0.5, 0.6) is 5.75 Å². The molecule has 1 aliphatic carbocycles. The monoisotopic (exact) mass is 532 g/mol. The Morgan fingerprint density at radius 1 is 1.19 bits per heavy atom. The molecule has 0 aliphatic heterocycles. The Kier molecular flexibility index (Phi) is 12.1. The molecule has 2 atom stereocenters. The predicted octanol–water partition coefficient (Wildman–Crippen LogP) is 5.79. The van der Waals surface area contributed by atoms with Crippen molar-refractivity contribution in [2.45, 2.75) is 82.9 Å². The number of halogens is 2. The highest BCUT2D eigenvalue weighted by atomic mass is 35.5. The van der Waals surface area contributed by atoms with Crippen LogP contribution in [0.3, 0.4) is 0 Å². The van der Waals surface area contributed by atoms with Gasteiger partial charge in [-0.25, -0.2) is 4.39 Å². The van der Waals surface area contributed by atoms with Gasteiger partial charge < -0.3 is 20.5 Å². The van der Waals surface area contributed by atoms with E-state index >= 15 is 0 Å². The van der Waals surface area contributed by atoms with E-state index in [1.165, 1.54) is 36.6 Å². The molecule has 0 spiro atoms. The number of carbonyl (C=O) groups is 1. The van der Waals surface area contributed by atoms with Crippen LogP contribution in [0.4, 0.5) is 4.39 Å². The van der Waals surface area contributed by atoms with E-state index in [0.29, 0.717) is 23.8 Å². The summed E-state index contributed by atoms with van der Waals surface area (Å²) in [5, 5.41) is 17.8. The first-order valence-corrected chi connectivity index (χ1v) is 13.1. The Balaban J connectivity index is 0.00000481. The summed E-state index contributed by atoms with van der Waals surface area (Å²) in [6.45, 7) is 10.0. The summed E-state index contributed by atoms with van der Waals surface area (Å²) >= 11 is 0. The quantitative estimate of drug-likeness (QED) is 0.302. The minimum absolute atomic E-state index is 0. The number of aliphatic hydroxyl groups is 1. The average Bonchev–Trinajstić information content (AvgIpc) is 2.85. The van der Waals surface area contributed by atoms with E-state index in [1.807, 2.05) is 0 Å². The zero-order valence-corrected chi connectivity index (χ0v) is 23.1. The first-order valence-electron chi connectivity index (χ1n) is 13.1. The molecule has 1 amide bonds. The van der Waals surface area contributed by atoms with Gasteiger partial charge in [0.1, 0.15) is 18.2 Å². The number of benzene rings is 2. The Labute approximate surface area is 227 Å². The van der Waals surface area contributed by atoms with Crippen molar-refractivity contribution in [3.05, 3.63) is 77.6 Å². The molecule has 3 rings (SSSR count). The summed E-state index contributed by atoms with van der Waals surface area (Å²) < 4.78 is 19.7. The standard InChI is InChI=1S/C30H41FN2O3.ClH/c1-5-14-36-27-16-23(15-26(31)19-27)17-28(33-22(4)34)29(35)20-32-30(12-7-6-8-13-30)25-11-9-10-24(18-25)21(2)3;/h5,9-11,15-16,18-19,21,28-29,32,35H,1,6-8,12-14,17,20H2,2-4H3,(H,33,34);1H/t28-,29-;/m0./s1. The molecule has 3 N–H and O–H groups in total. The Bertz CT molecular complexity index is 1020. The lowest BCUT2D eigenvalue weighted by atomic mass is 9.75. The molecule has 1 saturated carbocycles. The molecule has 2 aromatic rings. The van der Waals surface area contributed by atoms with Crippen LogP contribution in [0.25, 0.3) is 0 Å². The van der Waals surface area contributed by atoms with Crippen LogP contribution in [0.2, 0.25) is 0 Å². The fourth-order valence-corrected chi connectivity index (χ4v) is 5.14. The van der Waals surface area contributed by atoms with E-state index in [2.05, 4.69) is 55.3 Å². The van der Waals surface area contributed by atoms with Gasteiger partial charge in [-0.3, -0.25) is 4.79 Å². The maximum absolute atomic E-state index is 14.2. The summed E-state index contributed by atoms with van der Waals surface area (Å²) in [5.74, 6) is 0.166. The van der Waals surface area contributed by atoms with Crippen molar-refractivity contribution in [1.82, 2.24) is 10.6 Å². The van der Waals surface area contributed by atoms with Gasteiger partial charge in [0.25, 0.3) is 0 Å². The van der Waals surface area contributed by atoms with Crippen LogP contribution in [0.1, 0.15) is 75.5 Å². The Morgan fingerprint density at radius 2 is 1.92 bits per heavy atom. The summed E-state index contributed by atoms with van der Waals surface area (Å²) in [5.41, 5.74) is 2.99. The number of nitrogens with one attached hydrogen (secondary N) is 2. The summed E-state index contributed by atoms with van der Waals surface area (Å²) in [6.07, 6.45) is 6.47. The van der Waals surface area contributed by atoms with E-state index in [0.717, 1.165) is 25.7 Å². The second-order valence-corrected chi connectivity index (χ2v) is 10.3. The van der Waals surface area contributed by atoms with Gasteiger partial charge in [0.05, 0.1) is 12.1 Å². The number of rotatable bonds is 12. The molecule has 5 nitrogen and oxygen atoms in total. The number of carbonyl (C=O) groups excluding carboxylic acids is 1. The smallest absolute Gasteiger partial charge is 0.217 e. The molecule has 0 aromatic heterocycles. The van der Waals surface area contributed by atoms with E-state index < -0.39 is 18.0 Å². The molecule has 0 radical (unpaired) electrons. The Morgan fingerprint density at radius 3 is 2.57 bits per heavy atom. The lowest BCUT2D eigenvalue weighted by Crippen LogP contribution is -2.53. The van der Waals surface area contributed by atoms with E-state index in [1.54, 1.807) is 12.1 Å². The second-order valence-electron chi connectivity index (χ2n) is 10.3. The van der Waals surface area contributed by atoms with Crippen LogP contribution in [0, 0.1) is 5.82 Å². The number of amides is 1. The highest BCUT2D eigenvalue weighted by molar-refractivity contribution is 5.85. The van der Waals surface area contributed by atoms with Crippen molar-refractivity contribution in [2.24, 2.45) is 0 Å². The van der Waals surface area contributed by atoms with Gasteiger partial charge >= 0.3 is 0 Å². The lowest BCUT2D eigenvalue weighted by molar-refractivity contribution is -0.120. The fraction of sp³-hybridized carbons (Fsp3) is 0.500. The highest BCUT2D eigenvalue weighted by Gasteiger charge is 2.35. The van der Waals surface area contributed by atoms with Gasteiger partial charge in [-0.1, -0.05) is 70.0 Å². The van der Waals surface area contributed by atoms with Crippen LogP contribution < -0.4 is 15.4 Å². The maximum Gasteiger partial charge on any atom is 0.217 e. The molecule has 0 saturated heterocycles. The summed E-state index contributed by atoms with van der Waals surface area (Å²) in [4.78, 5) is 12.0. The predicted molar refractivity (Wildman–Crippen MR) is 150 cm³/mol. The zero-order valence-electron chi connectivity index (χ0n) is 22.3. The maximum atomic E-state index is 14.2. The SMILES string of the molecule is C=CCOc1cc(F)cc(C[C@H](NC(C)=O)[C@@H](O)CNC2(c3cccc(C(C)C)c3)CCCCC2)c1.Cl. The highest BCUT2D eigenvalue weighted by Crippen LogP contribution is 2.38. The second kappa shape index (κ2) is 14.5. The van der Waals surface area contributed by atoms with Crippen molar-refractivity contribution < 1.29 is 19.0 Å². The molecule has 0 heterocycles. The van der Waals surface area contributed by atoms with E-state index in [4.69, 9.17) is 4.74 Å². The molecular weight excluding hydrogens is 491 g/mol. The van der Waals surface area contributed by atoms with Gasteiger partial charge in [0.15, 0.2) is 0 Å². The third-order valence-electron chi connectivity index (χ3n) is 7.07. The van der Waals surface area contributed by atoms with E-state index in [-0.39, 0.29) is 36.9 Å². The molecule has 1 aliphatic rings. The van der Waals surface area contributed by atoms with Gasteiger partial charge in [-0.05, 0) is 54.0 Å². The van der Waals surface area contributed by atoms with Gasteiger partial charge in [-0.2, -0.15) is 0 Å². The minimum atomic E-state index is -0.859. The van der Waals surface area contributed by atoms with Gasteiger partial charge in [0.2, 0.25) is 5.91 Å². The van der Waals surface area contributed by atoms with Crippen molar-refractivity contribution in [3.63, 3.8) is 0 Å². The average molecular weight is 533 g/mol. The minimum Gasteiger partial charge on any atom is -0.489 e. The first kappa shape index (κ1) is 30.8. The molecule has 1 fully saturated rings. The number of ether oxygens (including phenoxy) is 1. The topological polar surface area (TPSA) is 70.6 Å². The normalized spacial score (nSPS) is 16.4. The van der Waals surface area contributed by atoms with Gasteiger partial charge in [0, 0.05) is 25.1 Å². The molecule has 0 bridgehead atoms. The third kappa shape index (κ3) is 8.84. The molecular formula is C30H42ClFN2O3. The molecule has 2 aromatic carbocycles. The number of hydrogen-bond acceptors (Lipinski definition) is 4. The van der Waals surface area contributed by atoms with Gasteiger partial charge in [-0.15, -0.1) is 12.4 Å². The molecule has 0 unspecified atom stereocenters. The van der Waals surface area contributed by atoms with Crippen LogP contribution in [-0.4, -0.2) is 36.3 Å². The number of hydrogen-bond donors (Lipinski definition) is 3. The first-order chi connectivity index (χ1) is 17.2. The fourth-order valence-electron chi connectivity index (χ4n) is 5.14. The van der Waals surface area contributed by atoms with Crippen molar-refractivity contribution >= 4 is 18.3 Å². The van der Waals surface area contributed by atoms with Crippen LogP contribution in [-0.2, 0) is 16.8 Å². The lowest BCUT2D eigenvalue weighted by Gasteiger charge is -2.40. The zero-order chi connectivity index (χ0) is 26.1. The van der Waals surface area contributed by atoms with Crippen LogP contribution >= 0.6 is 12.4 Å². The summed E-state index contributed by atoms with van der Waals surface area (Å²) in [7, 11) is 0. The molecule has 37 heavy (non-hydrogen) atoms.